The zero-order chi connectivity index (χ0) is 12.3. The van der Waals surface area contributed by atoms with Crippen molar-refractivity contribution >= 4 is 5.69 Å². The Kier molecular flexibility index (Phi) is 3.84. The molecule has 0 radical (unpaired) electrons. The number of methoxy groups -OCH3 is 1. The monoisotopic (exact) mass is 239 g/mol. The Bertz CT molecular complexity index is 384. The van der Waals surface area contributed by atoms with E-state index in [0.717, 1.165) is 31.4 Å². The van der Waals surface area contributed by atoms with E-state index in [0.29, 0.717) is 0 Å². The van der Waals surface area contributed by atoms with Crippen molar-refractivity contribution in [2.75, 3.05) is 12.4 Å². The van der Waals surface area contributed by atoms with Crippen LogP contribution in [-0.2, 0) is 0 Å². The number of anilines is 1. The molecule has 2 rings (SSSR count). The molecule has 0 aliphatic heterocycles. The molecule has 94 valence electrons. The number of nitrogens with one attached hydrogen (secondary N) is 1. The first kappa shape index (κ1) is 12.2. The fourth-order valence-corrected chi connectivity index (χ4v) is 2.24. The van der Waals surface area contributed by atoms with Gasteiger partial charge in [0.1, 0.15) is 0 Å². The van der Waals surface area contributed by atoms with Crippen LogP contribution in [0.5, 0.6) is 5.75 Å². The van der Waals surface area contributed by atoms with Crippen molar-refractivity contribution in [1.29, 1.82) is 0 Å². The molecule has 0 unspecified atom stereocenters. The highest BCUT2D eigenvalue weighted by Crippen LogP contribution is 2.25. The van der Waals surface area contributed by atoms with Gasteiger partial charge in [0.2, 0.25) is 0 Å². The first-order chi connectivity index (χ1) is 8.20. The van der Waals surface area contributed by atoms with Gasteiger partial charge < -0.3 is 15.2 Å². The van der Waals surface area contributed by atoms with Crippen LogP contribution in [-0.4, -0.2) is 24.4 Å². The van der Waals surface area contributed by atoms with Gasteiger partial charge in [-0.1, -0.05) is 12.8 Å². The molecular formula is C13H18FNO2. The van der Waals surface area contributed by atoms with Gasteiger partial charge in [-0.15, -0.1) is 0 Å². The topological polar surface area (TPSA) is 41.5 Å². The largest absolute Gasteiger partial charge is 0.494 e. The van der Waals surface area contributed by atoms with Gasteiger partial charge in [0, 0.05) is 11.8 Å². The van der Waals surface area contributed by atoms with Crippen LogP contribution >= 0.6 is 0 Å². The van der Waals surface area contributed by atoms with Crippen LogP contribution in [0.25, 0.3) is 0 Å². The molecule has 2 atom stereocenters. The summed E-state index contributed by atoms with van der Waals surface area (Å²) in [5, 5.41) is 13.1. The summed E-state index contributed by atoms with van der Waals surface area (Å²) < 4.78 is 18.1. The predicted molar refractivity (Wildman–Crippen MR) is 64.8 cm³/mol. The van der Waals surface area contributed by atoms with E-state index in [2.05, 4.69) is 5.32 Å². The van der Waals surface area contributed by atoms with Gasteiger partial charge in [-0.05, 0) is 25.0 Å². The van der Waals surface area contributed by atoms with Gasteiger partial charge in [-0.25, -0.2) is 4.39 Å². The lowest BCUT2D eigenvalue weighted by molar-refractivity contribution is 0.116. The van der Waals surface area contributed by atoms with Crippen LogP contribution in [0.4, 0.5) is 10.1 Å². The molecule has 3 nitrogen and oxygen atoms in total. The van der Waals surface area contributed by atoms with E-state index in [9.17, 15) is 9.50 Å². The summed E-state index contributed by atoms with van der Waals surface area (Å²) in [4.78, 5) is 0. The van der Waals surface area contributed by atoms with Crippen molar-refractivity contribution in [2.24, 2.45) is 0 Å². The van der Waals surface area contributed by atoms with E-state index in [1.165, 1.54) is 13.2 Å². The third kappa shape index (κ3) is 2.88. The van der Waals surface area contributed by atoms with Crippen LogP contribution < -0.4 is 10.1 Å². The molecule has 17 heavy (non-hydrogen) atoms. The van der Waals surface area contributed by atoms with Gasteiger partial charge >= 0.3 is 0 Å². The summed E-state index contributed by atoms with van der Waals surface area (Å²) in [6.07, 6.45) is 3.65. The number of benzene rings is 1. The molecule has 0 amide bonds. The Hall–Kier alpha value is -1.29. The average Bonchev–Trinajstić information content (AvgIpc) is 2.34. The predicted octanol–water partition coefficient (Wildman–Crippen LogP) is 2.55. The second-order valence-corrected chi connectivity index (χ2v) is 4.45. The van der Waals surface area contributed by atoms with E-state index in [1.807, 2.05) is 0 Å². The lowest BCUT2D eigenvalue weighted by Gasteiger charge is -2.29. The maximum atomic E-state index is 13.2. The molecule has 0 aromatic heterocycles. The number of aliphatic hydroxyl groups excluding tert-OH is 1. The van der Waals surface area contributed by atoms with E-state index < -0.39 is 0 Å². The number of aliphatic hydroxyl groups is 1. The van der Waals surface area contributed by atoms with E-state index in [1.54, 1.807) is 12.1 Å². The first-order valence-electron chi connectivity index (χ1n) is 5.99. The minimum atomic E-state index is -0.373. The van der Waals surface area contributed by atoms with Crippen LogP contribution in [0.3, 0.4) is 0 Å². The Morgan fingerprint density at radius 1 is 1.35 bits per heavy atom. The number of ether oxygens (including phenoxy) is 1. The minimum absolute atomic E-state index is 0.0546. The summed E-state index contributed by atoms with van der Waals surface area (Å²) in [5.74, 6) is -0.150. The molecule has 0 heterocycles. The molecule has 1 aliphatic rings. The standard InChI is InChI=1S/C13H18FNO2/c1-17-13-8-9(6-7-10(13)14)15-11-4-2-3-5-12(11)16/h6-8,11-12,15-16H,2-5H2,1H3/t11-,12-/m1/s1. The SMILES string of the molecule is COc1cc(N[C@@H]2CCCC[C@H]2O)ccc1F. The van der Waals surface area contributed by atoms with Crippen LogP contribution in [0, 0.1) is 5.82 Å². The van der Waals surface area contributed by atoms with Crippen molar-refractivity contribution in [2.45, 2.75) is 37.8 Å². The highest BCUT2D eigenvalue weighted by Gasteiger charge is 2.22. The molecular weight excluding hydrogens is 221 g/mol. The second-order valence-electron chi connectivity index (χ2n) is 4.45. The zero-order valence-corrected chi connectivity index (χ0v) is 9.95. The second kappa shape index (κ2) is 5.36. The van der Waals surface area contributed by atoms with E-state index in [4.69, 9.17) is 4.74 Å². The normalized spacial score (nSPS) is 24.4. The molecule has 0 saturated heterocycles. The molecule has 1 saturated carbocycles. The number of rotatable bonds is 3. The molecule has 1 aromatic carbocycles. The Morgan fingerprint density at radius 2 is 2.12 bits per heavy atom. The Balaban J connectivity index is 2.07. The fourth-order valence-electron chi connectivity index (χ4n) is 2.24. The molecule has 0 spiro atoms. The summed E-state index contributed by atoms with van der Waals surface area (Å²) in [7, 11) is 1.44. The van der Waals surface area contributed by atoms with Gasteiger partial charge in [-0.3, -0.25) is 0 Å². The third-order valence-corrected chi connectivity index (χ3v) is 3.23. The van der Waals surface area contributed by atoms with Gasteiger partial charge in [0.05, 0.1) is 19.3 Å². The molecule has 4 heteroatoms. The molecule has 2 N–H and O–H groups in total. The summed E-state index contributed by atoms with van der Waals surface area (Å²) in [6, 6.07) is 4.71. The van der Waals surface area contributed by atoms with Crippen molar-refractivity contribution in [3.8, 4) is 5.75 Å². The minimum Gasteiger partial charge on any atom is -0.494 e. The molecule has 1 aliphatic carbocycles. The Morgan fingerprint density at radius 3 is 2.82 bits per heavy atom. The maximum absolute atomic E-state index is 13.2. The summed E-state index contributed by atoms with van der Waals surface area (Å²) >= 11 is 0. The number of halogens is 1. The van der Waals surface area contributed by atoms with Crippen molar-refractivity contribution in [3.63, 3.8) is 0 Å². The summed E-state index contributed by atoms with van der Waals surface area (Å²) in [6.45, 7) is 0. The lowest BCUT2D eigenvalue weighted by atomic mass is 9.92. The smallest absolute Gasteiger partial charge is 0.165 e. The van der Waals surface area contributed by atoms with E-state index in [-0.39, 0.29) is 23.7 Å². The number of hydrogen-bond acceptors (Lipinski definition) is 3. The van der Waals surface area contributed by atoms with Crippen LogP contribution in [0.15, 0.2) is 18.2 Å². The van der Waals surface area contributed by atoms with Gasteiger partial charge in [0.15, 0.2) is 11.6 Å². The van der Waals surface area contributed by atoms with Gasteiger partial charge in [-0.2, -0.15) is 0 Å². The molecule has 0 bridgehead atoms. The lowest BCUT2D eigenvalue weighted by Crippen LogP contribution is -2.36. The zero-order valence-electron chi connectivity index (χ0n) is 9.95. The van der Waals surface area contributed by atoms with Crippen molar-refractivity contribution in [3.05, 3.63) is 24.0 Å². The van der Waals surface area contributed by atoms with Crippen LogP contribution in [0.2, 0.25) is 0 Å². The summed E-state index contributed by atoms with van der Waals surface area (Å²) in [5.41, 5.74) is 0.786. The van der Waals surface area contributed by atoms with Crippen LogP contribution in [0.1, 0.15) is 25.7 Å². The molecule has 1 fully saturated rings. The van der Waals surface area contributed by atoms with E-state index >= 15 is 0 Å². The van der Waals surface area contributed by atoms with Crippen molar-refractivity contribution in [1.82, 2.24) is 0 Å². The molecule has 1 aromatic rings. The number of hydrogen-bond donors (Lipinski definition) is 2. The average molecular weight is 239 g/mol. The maximum Gasteiger partial charge on any atom is 0.165 e. The first-order valence-corrected chi connectivity index (χ1v) is 5.99. The highest BCUT2D eigenvalue weighted by atomic mass is 19.1. The quantitative estimate of drug-likeness (QED) is 0.851. The Labute approximate surface area is 101 Å². The highest BCUT2D eigenvalue weighted by molar-refractivity contribution is 5.49. The van der Waals surface area contributed by atoms with Gasteiger partial charge in [0.25, 0.3) is 0 Å². The fraction of sp³-hybridized carbons (Fsp3) is 0.538. The third-order valence-electron chi connectivity index (χ3n) is 3.23. The van der Waals surface area contributed by atoms with Crippen molar-refractivity contribution < 1.29 is 14.2 Å².